The molecular formula is C19H22FN2O+. The highest BCUT2D eigenvalue weighted by molar-refractivity contribution is 6.04. The third-order valence-corrected chi connectivity index (χ3v) is 4.31. The fourth-order valence-electron chi connectivity index (χ4n) is 3.06. The number of hydrogen-bond donors (Lipinski definition) is 2. The predicted molar refractivity (Wildman–Crippen MR) is 89.0 cm³/mol. The minimum absolute atomic E-state index is 0.293. The molecule has 3 rings (SSSR count). The second kappa shape index (κ2) is 7.38. The normalized spacial score (nSPS) is 15.3. The lowest BCUT2D eigenvalue weighted by Crippen LogP contribution is -3.11. The van der Waals surface area contributed by atoms with E-state index < -0.39 is 5.82 Å². The van der Waals surface area contributed by atoms with Crippen LogP contribution in [0, 0.1) is 5.82 Å². The molecule has 1 amide bonds. The summed E-state index contributed by atoms with van der Waals surface area (Å²) in [5.74, 6) is -0.698. The highest BCUT2D eigenvalue weighted by atomic mass is 19.1. The fraction of sp³-hybridized carbons (Fsp3) is 0.316. The van der Waals surface area contributed by atoms with E-state index in [0.29, 0.717) is 5.56 Å². The van der Waals surface area contributed by atoms with E-state index in [1.165, 1.54) is 56.1 Å². The van der Waals surface area contributed by atoms with Crippen molar-refractivity contribution in [3.63, 3.8) is 0 Å². The SMILES string of the molecule is O=C(Nc1ccc(C[NH+]2CCCCC2)cc1)c1cccc(F)c1. The third-order valence-electron chi connectivity index (χ3n) is 4.31. The van der Waals surface area contributed by atoms with E-state index in [0.717, 1.165) is 12.2 Å². The maximum Gasteiger partial charge on any atom is 0.255 e. The van der Waals surface area contributed by atoms with Gasteiger partial charge in [0.05, 0.1) is 13.1 Å². The molecule has 4 heteroatoms. The zero-order valence-corrected chi connectivity index (χ0v) is 13.1. The molecule has 3 nitrogen and oxygen atoms in total. The molecule has 1 saturated heterocycles. The zero-order valence-electron chi connectivity index (χ0n) is 13.1. The fourth-order valence-corrected chi connectivity index (χ4v) is 3.06. The van der Waals surface area contributed by atoms with Crippen molar-refractivity contribution in [2.45, 2.75) is 25.8 Å². The van der Waals surface area contributed by atoms with Crippen LogP contribution in [0.3, 0.4) is 0 Å². The lowest BCUT2D eigenvalue weighted by Gasteiger charge is -2.23. The van der Waals surface area contributed by atoms with E-state index in [9.17, 15) is 9.18 Å². The summed E-state index contributed by atoms with van der Waals surface area (Å²) in [4.78, 5) is 13.7. The first-order valence-electron chi connectivity index (χ1n) is 8.20. The van der Waals surface area contributed by atoms with E-state index in [-0.39, 0.29) is 5.91 Å². The van der Waals surface area contributed by atoms with Crippen molar-refractivity contribution >= 4 is 11.6 Å². The first-order chi connectivity index (χ1) is 11.2. The summed E-state index contributed by atoms with van der Waals surface area (Å²) in [7, 11) is 0. The van der Waals surface area contributed by atoms with Crippen molar-refractivity contribution in [1.29, 1.82) is 0 Å². The third kappa shape index (κ3) is 4.39. The molecule has 1 heterocycles. The van der Waals surface area contributed by atoms with Crippen molar-refractivity contribution in [1.82, 2.24) is 0 Å². The Bertz CT molecular complexity index is 663. The van der Waals surface area contributed by atoms with Crippen LogP contribution < -0.4 is 10.2 Å². The Morgan fingerprint density at radius 1 is 1.04 bits per heavy atom. The van der Waals surface area contributed by atoms with Gasteiger partial charge >= 0.3 is 0 Å². The van der Waals surface area contributed by atoms with Gasteiger partial charge in [0.1, 0.15) is 12.4 Å². The van der Waals surface area contributed by atoms with E-state index in [4.69, 9.17) is 0 Å². The number of hydrogen-bond acceptors (Lipinski definition) is 1. The molecule has 120 valence electrons. The zero-order chi connectivity index (χ0) is 16.1. The summed E-state index contributed by atoms with van der Waals surface area (Å²) in [5, 5.41) is 2.80. The molecule has 23 heavy (non-hydrogen) atoms. The molecule has 1 aliphatic rings. The van der Waals surface area contributed by atoms with Crippen molar-refractivity contribution < 1.29 is 14.1 Å². The Labute approximate surface area is 136 Å². The van der Waals surface area contributed by atoms with Crippen LogP contribution in [0.25, 0.3) is 0 Å². The number of carbonyl (C=O) groups is 1. The molecular weight excluding hydrogens is 291 g/mol. The maximum absolute atomic E-state index is 13.2. The standard InChI is InChI=1S/C19H21FN2O/c20-17-6-4-5-16(13-17)19(23)21-18-9-7-15(8-10-18)14-22-11-2-1-3-12-22/h4-10,13H,1-3,11-12,14H2,(H,21,23)/p+1. The number of carbonyl (C=O) groups excluding carboxylic acids is 1. The first kappa shape index (κ1) is 15.7. The number of nitrogens with one attached hydrogen (secondary N) is 2. The smallest absolute Gasteiger partial charge is 0.255 e. The van der Waals surface area contributed by atoms with Crippen LogP contribution in [-0.2, 0) is 6.54 Å². The summed E-state index contributed by atoms with van der Waals surface area (Å²) < 4.78 is 13.2. The molecule has 0 bridgehead atoms. The lowest BCUT2D eigenvalue weighted by atomic mass is 10.1. The molecule has 1 fully saturated rings. The van der Waals surface area contributed by atoms with Gasteiger partial charge in [-0.05, 0) is 49.6 Å². The number of halogens is 1. The molecule has 0 aliphatic carbocycles. The second-order valence-electron chi connectivity index (χ2n) is 6.15. The molecule has 2 aromatic rings. The Hall–Kier alpha value is -2.20. The van der Waals surface area contributed by atoms with Crippen LogP contribution in [0.5, 0.6) is 0 Å². The van der Waals surface area contributed by atoms with Crippen LogP contribution in [0.2, 0.25) is 0 Å². The van der Waals surface area contributed by atoms with Crippen LogP contribution in [0.1, 0.15) is 35.2 Å². The lowest BCUT2D eigenvalue weighted by molar-refractivity contribution is -0.918. The van der Waals surface area contributed by atoms with Gasteiger partial charge in [-0.3, -0.25) is 4.79 Å². The molecule has 0 saturated carbocycles. The Morgan fingerprint density at radius 3 is 2.48 bits per heavy atom. The summed E-state index contributed by atoms with van der Waals surface area (Å²) >= 11 is 0. The van der Waals surface area contributed by atoms with Crippen LogP contribution in [0.4, 0.5) is 10.1 Å². The Balaban J connectivity index is 1.59. The van der Waals surface area contributed by atoms with E-state index in [1.807, 2.05) is 12.1 Å². The van der Waals surface area contributed by atoms with E-state index in [1.54, 1.807) is 11.0 Å². The van der Waals surface area contributed by atoms with Crippen molar-refractivity contribution in [2.75, 3.05) is 18.4 Å². The van der Waals surface area contributed by atoms with Crippen molar-refractivity contribution in [3.05, 3.63) is 65.5 Å². The summed E-state index contributed by atoms with van der Waals surface area (Å²) in [6, 6.07) is 13.6. The van der Waals surface area contributed by atoms with Crippen molar-refractivity contribution in [3.8, 4) is 0 Å². The summed E-state index contributed by atoms with van der Waals surface area (Å²) in [6.07, 6.45) is 3.99. The van der Waals surface area contributed by atoms with E-state index in [2.05, 4.69) is 17.4 Å². The van der Waals surface area contributed by atoms with Gasteiger partial charge < -0.3 is 10.2 Å². The predicted octanol–water partition coefficient (Wildman–Crippen LogP) is 2.65. The van der Waals surface area contributed by atoms with Gasteiger partial charge in [0.25, 0.3) is 5.91 Å². The van der Waals surface area contributed by atoms with Gasteiger partial charge in [-0.15, -0.1) is 0 Å². The van der Waals surface area contributed by atoms with Gasteiger partial charge in [0.15, 0.2) is 0 Å². The second-order valence-corrected chi connectivity index (χ2v) is 6.15. The molecule has 2 aromatic carbocycles. The van der Waals surface area contributed by atoms with Crippen molar-refractivity contribution in [2.24, 2.45) is 0 Å². The number of anilines is 1. The Morgan fingerprint density at radius 2 is 1.78 bits per heavy atom. The van der Waals surface area contributed by atoms with Gasteiger partial charge in [-0.2, -0.15) is 0 Å². The number of piperidine rings is 1. The molecule has 0 atom stereocenters. The first-order valence-corrected chi connectivity index (χ1v) is 8.20. The molecule has 0 aromatic heterocycles. The number of likely N-dealkylation sites (tertiary alicyclic amines) is 1. The number of benzene rings is 2. The van der Waals surface area contributed by atoms with Gasteiger partial charge in [0, 0.05) is 16.8 Å². The molecule has 0 unspecified atom stereocenters. The minimum Gasteiger partial charge on any atom is -0.331 e. The molecule has 0 spiro atoms. The average Bonchev–Trinajstić information content (AvgIpc) is 2.57. The number of amides is 1. The average molecular weight is 313 g/mol. The topological polar surface area (TPSA) is 33.5 Å². The maximum atomic E-state index is 13.2. The number of rotatable bonds is 4. The van der Waals surface area contributed by atoms with Gasteiger partial charge in [-0.1, -0.05) is 18.2 Å². The molecule has 2 N–H and O–H groups in total. The largest absolute Gasteiger partial charge is 0.331 e. The van der Waals surface area contributed by atoms with Gasteiger partial charge in [-0.25, -0.2) is 4.39 Å². The molecule has 0 radical (unpaired) electrons. The minimum atomic E-state index is -0.405. The van der Waals surface area contributed by atoms with Crippen LogP contribution in [0.15, 0.2) is 48.5 Å². The Kier molecular flexibility index (Phi) is 5.03. The monoisotopic (exact) mass is 313 g/mol. The van der Waals surface area contributed by atoms with E-state index >= 15 is 0 Å². The summed E-state index contributed by atoms with van der Waals surface area (Å²) in [6.45, 7) is 3.54. The van der Waals surface area contributed by atoms with Crippen LogP contribution in [-0.4, -0.2) is 19.0 Å². The highest BCUT2D eigenvalue weighted by Gasteiger charge is 2.14. The highest BCUT2D eigenvalue weighted by Crippen LogP contribution is 2.12. The molecule has 1 aliphatic heterocycles. The van der Waals surface area contributed by atoms with Crippen LogP contribution >= 0.6 is 0 Å². The summed E-state index contributed by atoms with van der Waals surface area (Å²) in [5.41, 5.74) is 2.34. The quantitative estimate of drug-likeness (QED) is 0.894. The van der Waals surface area contributed by atoms with Gasteiger partial charge in [0.2, 0.25) is 0 Å². The number of quaternary nitrogens is 1.